The maximum atomic E-state index is 12.6. The Morgan fingerprint density at radius 1 is 0.674 bits per heavy atom. The fraction of sp³-hybridized carbons (Fsp3) is 0.250. The molecule has 0 aromatic heterocycles. The van der Waals surface area contributed by atoms with Crippen LogP contribution in [0.3, 0.4) is 0 Å². The number of ketones is 4. The topological polar surface area (TPSA) is 192 Å². The molecule has 0 fully saturated rings. The van der Waals surface area contributed by atoms with Gasteiger partial charge in [-0.1, -0.05) is 23.2 Å². The fourth-order valence-corrected chi connectivity index (χ4v) is 5.26. The van der Waals surface area contributed by atoms with Crippen molar-refractivity contribution in [2.24, 2.45) is 0 Å². The molecule has 2 aliphatic rings. The SMILES string of the molecule is [C-]#[N+][C@@]1(C)C(=O)C(C(=O)CCC(=O)O)=C(O)c2cc(Cl)ccc21.[C-]#[N+][C@]1(C)C(=O)C(C(=O)CCC(=O)O)=C(O)c2cc(Cl)ccc21. The van der Waals surface area contributed by atoms with Gasteiger partial charge in [-0.3, -0.25) is 38.5 Å². The maximum absolute atomic E-state index is 12.6. The van der Waals surface area contributed by atoms with Crippen LogP contribution in [0.5, 0.6) is 0 Å². The highest BCUT2D eigenvalue weighted by molar-refractivity contribution is 6.33. The zero-order valence-electron chi connectivity index (χ0n) is 24.2. The van der Waals surface area contributed by atoms with Gasteiger partial charge in [-0.25, -0.2) is 13.1 Å². The van der Waals surface area contributed by atoms with Crippen LogP contribution in [0.1, 0.15) is 61.8 Å². The van der Waals surface area contributed by atoms with Crippen molar-refractivity contribution in [2.75, 3.05) is 0 Å². The van der Waals surface area contributed by atoms with Gasteiger partial charge in [-0.2, -0.15) is 0 Å². The Labute approximate surface area is 271 Å². The molecular weight excluding hydrogens is 643 g/mol. The van der Waals surface area contributed by atoms with Gasteiger partial charge in [0.25, 0.3) is 11.6 Å². The summed E-state index contributed by atoms with van der Waals surface area (Å²) in [6, 6.07) is 8.63. The van der Waals surface area contributed by atoms with Gasteiger partial charge in [-0.15, -0.1) is 0 Å². The van der Waals surface area contributed by atoms with Crippen molar-refractivity contribution in [1.82, 2.24) is 0 Å². The number of hydrogen-bond donors (Lipinski definition) is 4. The lowest BCUT2D eigenvalue weighted by molar-refractivity contribution is -0.139. The molecule has 2 aromatic rings. The Hall–Kier alpha value is -5.30. The van der Waals surface area contributed by atoms with E-state index < -0.39 is 94.5 Å². The van der Waals surface area contributed by atoms with E-state index in [2.05, 4.69) is 9.69 Å². The van der Waals surface area contributed by atoms with Gasteiger partial charge >= 0.3 is 23.0 Å². The molecule has 0 amide bonds. The number of aliphatic hydroxyl groups excluding tert-OH is 2. The van der Waals surface area contributed by atoms with E-state index in [1.54, 1.807) is 0 Å². The predicted octanol–water partition coefficient (Wildman–Crippen LogP) is 5.52. The van der Waals surface area contributed by atoms with Crippen molar-refractivity contribution in [3.8, 4) is 0 Å². The van der Waals surface area contributed by atoms with E-state index in [0.717, 1.165) is 0 Å². The lowest BCUT2D eigenvalue weighted by atomic mass is 9.75. The van der Waals surface area contributed by atoms with Crippen molar-refractivity contribution >= 4 is 69.8 Å². The first-order chi connectivity index (χ1) is 21.4. The molecule has 4 N–H and O–H groups in total. The van der Waals surface area contributed by atoms with Gasteiger partial charge in [0.05, 0.1) is 24.0 Å². The normalized spacial score (nSPS) is 20.0. The average Bonchev–Trinajstić information content (AvgIpc) is 3.01. The highest BCUT2D eigenvalue weighted by Crippen LogP contribution is 2.43. The van der Waals surface area contributed by atoms with Crippen LogP contribution in [-0.2, 0) is 39.8 Å². The number of Topliss-reactive ketones (excluding diaryl/α,β-unsaturated/α-hetero) is 4. The summed E-state index contributed by atoms with van der Waals surface area (Å²) in [5.41, 5.74) is -3.63. The quantitative estimate of drug-likeness (QED) is 0.206. The average molecular weight is 667 g/mol. The monoisotopic (exact) mass is 666 g/mol. The minimum absolute atomic E-state index is 0.134. The van der Waals surface area contributed by atoms with Crippen molar-refractivity contribution < 1.29 is 49.2 Å². The Balaban J connectivity index is 0.000000250. The third kappa shape index (κ3) is 6.40. The number of aliphatic hydroxyl groups is 2. The van der Waals surface area contributed by atoms with Gasteiger partial charge in [0.15, 0.2) is 11.6 Å². The second-order valence-corrected chi connectivity index (χ2v) is 11.4. The third-order valence-electron chi connectivity index (χ3n) is 7.47. The molecule has 0 radical (unpaired) electrons. The summed E-state index contributed by atoms with van der Waals surface area (Å²) in [4.78, 5) is 77.4. The lowest BCUT2D eigenvalue weighted by Gasteiger charge is -2.25. The predicted molar refractivity (Wildman–Crippen MR) is 164 cm³/mol. The number of fused-ring (bicyclic) bond motifs is 2. The number of nitrogens with zero attached hydrogens (tertiary/aromatic N) is 2. The summed E-state index contributed by atoms with van der Waals surface area (Å²) in [6.07, 6.45) is -1.82. The summed E-state index contributed by atoms with van der Waals surface area (Å²) >= 11 is 11.8. The van der Waals surface area contributed by atoms with E-state index in [1.165, 1.54) is 50.2 Å². The number of aliphatic carboxylic acids is 2. The van der Waals surface area contributed by atoms with Crippen LogP contribution in [0.2, 0.25) is 10.0 Å². The van der Waals surface area contributed by atoms with E-state index >= 15 is 0 Å². The minimum atomic E-state index is -1.67. The fourth-order valence-electron chi connectivity index (χ4n) is 4.92. The zero-order chi connectivity index (χ0) is 34.7. The van der Waals surface area contributed by atoms with E-state index in [4.69, 9.17) is 46.6 Å². The Bertz CT molecular complexity index is 1750. The number of carbonyl (C=O) groups excluding carboxylic acids is 4. The Morgan fingerprint density at radius 3 is 1.28 bits per heavy atom. The first kappa shape index (κ1) is 35.2. The number of halogens is 2. The molecule has 4 rings (SSSR count). The smallest absolute Gasteiger partial charge is 0.317 e. The summed E-state index contributed by atoms with van der Waals surface area (Å²) in [5.74, 6) is -6.82. The van der Waals surface area contributed by atoms with Gasteiger partial charge in [0.2, 0.25) is 0 Å². The van der Waals surface area contributed by atoms with E-state index in [9.17, 15) is 39.0 Å². The maximum Gasteiger partial charge on any atom is 0.317 e. The number of carboxylic acid groups (broad SMARTS) is 2. The highest BCUT2D eigenvalue weighted by Gasteiger charge is 2.53. The highest BCUT2D eigenvalue weighted by atomic mass is 35.5. The third-order valence-corrected chi connectivity index (χ3v) is 7.94. The van der Waals surface area contributed by atoms with Crippen molar-refractivity contribution in [3.05, 3.63) is 103 Å². The molecule has 2 aromatic carbocycles. The summed E-state index contributed by atoms with van der Waals surface area (Å²) < 4.78 is 0. The Morgan fingerprint density at radius 2 is 1.00 bits per heavy atom. The van der Waals surface area contributed by atoms with Gasteiger partial charge < -0.3 is 20.4 Å². The molecule has 236 valence electrons. The van der Waals surface area contributed by atoms with Crippen molar-refractivity contribution in [1.29, 1.82) is 0 Å². The Kier molecular flexibility index (Phi) is 10.2. The minimum Gasteiger partial charge on any atom is -0.506 e. The standard InChI is InChI=1S/2C16H12ClNO5/c2*1-16(18-2)10-4-3-8(17)7-9(10)14(22)13(15(16)23)11(19)5-6-12(20)21/h2*3-4,7,22H,5-6H2,1H3,(H,20,21)/t2*16-/m10/s1. The van der Waals surface area contributed by atoms with Gasteiger partial charge in [0.1, 0.15) is 22.7 Å². The molecule has 2 atom stereocenters. The number of rotatable bonds is 8. The molecule has 0 spiro atoms. The largest absolute Gasteiger partial charge is 0.506 e. The molecule has 12 nitrogen and oxygen atoms in total. The molecule has 46 heavy (non-hydrogen) atoms. The second-order valence-electron chi connectivity index (χ2n) is 10.5. The van der Waals surface area contributed by atoms with Crippen LogP contribution in [0.25, 0.3) is 21.2 Å². The summed E-state index contributed by atoms with van der Waals surface area (Å²) in [6.45, 7) is 17.4. The first-order valence-corrected chi connectivity index (χ1v) is 14.0. The molecule has 0 bridgehead atoms. The van der Waals surface area contributed by atoms with E-state index in [0.29, 0.717) is 0 Å². The molecular formula is C32H24Cl2N2O10. The molecule has 2 aliphatic carbocycles. The number of carbonyl (C=O) groups is 6. The molecule has 0 unspecified atom stereocenters. The van der Waals surface area contributed by atoms with Crippen LogP contribution in [0.15, 0.2) is 47.5 Å². The van der Waals surface area contributed by atoms with Crippen LogP contribution in [0.4, 0.5) is 0 Å². The van der Waals surface area contributed by atoms with Crippen LogP contribution in [0, 0.1) is 13.1 Å². The van der Waals surface area contributed by atoms with Gasteiger partial charge in [-0.05, 0) is 36.4 Å². The summed E-state index contributed by atoms with van der Waals surface area (Å²) in [7, 11) is 0. The summed E-state index contributed by atoms with van der Waals surface area (Å²) in [5, 5.41) is 38.5. The van der Waals surface area contributed by atoms with Crippen LogP contribution < -0.4 is 0 Å². The van der Waals surface area contributed by atoms with Crippen LogP contribution >= 0.6 is 23.2 Å². The number of hydrogen-bond acceptors (Lipinski definition) is 8. The van der Waals surface area contributed by atoms with E-state index in [-0.39, 0.29) is 32.3 Å². The van der Waals surface area contributed by atoms with Crippen molar-refractivity contribution in [2.45, 2.75) is 50.6 Å². The number of carboxylic acids is 2. The number of benzene rings is 2. The lowest BCUT2D eigenvalue weighted by Crippen LogP contribution is -2.37. The molecule has 0 aliphatic heterocycles. The second kappa shape index (κ2) is 13.4. The van der Waals surface area contributed by atoms with E-state index in [1.807, 2.05) is 0 Å². The first-order valence-electron chi connectivity index (χ1n) is 13.3. The van der Waals surface area contributed by atoms with Crippen LogP contribution in [-0.4, -0.2) is 55.5 Å². The zero-order valence-corrected chi connectivity index (χ0v) is 25.7. The molecule has 0 saturated heterocycles. The molecule has 0 heterocycles. The van der Waals surface area contributed by atoms with Gasteiger partial charge in [0, 0.05) is 47.9 Å². The molecule has 0 saturated carbocycles. The van der Waals surface area contributed by atoms with Crippen molar-refractivity contribution in [3.63, 3.8) is 0 Å². The molecule has 14 heteroatoms.